The molecule has 36 heavy (non-hydrogen) atoms. The molecule has 3 rings (SSSR count). The molecule has 4 atom stereocenters. The van der Waals surface area contributed by atoms with Gasteiger partial charge in [0.15, 0.2) is 0 Å². The highest BCUT2D eigenvalue weighted by molar-refractivity contribution is 7.19. The van der Waals surface area contributed by atoms with Crippen LogP contribution in [0.25, 0.3) is 10.1 Å². The third kappa shape index (κ3) is 8.35. The molecular weight excluding hydrogens is 478 g/mol. The second-order valence-corrected chi connectivity index (χ2v) is 10.8. The van der Waals surface area contributed by atoms with E-state index < -0.39 is 23.6 Å². The zero-order valence-corrected chi connectivity index (χ0v) is 21.9. The summed E-state index contributed by atoms with van der Waals surface area (Å²) in [5.41, 5.74) is 3.94. The van der Waals surface area contributed by atoms with Gasteiger partial charge in [-0.15, -0.1) is 11.3 Å². The summed E-state index contributed by atoms with van der Waals surface area (Å²) < 4.78 is 1.19. The highest BCUT2D eigenvalue weighted by Crippen LogP contribution is 2.44. The third-order valence-electron chi connectivity index (χ3n) is 6.43. The number of hydrogen-bond donors (Lipinski definition) is 5. The lowest BCUT2D eigenvalue weighted by Gasteiger charge is -2.22. The number of carbonyl (C=O) groups is 2. The first-order valence-corrected chi connectivity index (χ1v) is 13.2. The van der Waals surface area contributed by atoms with Gasteiger partial charge in [-0.25, -0.2) is 0 Å². The number of carboxylic acids is 1. The summed E-state index contributed by atoms with van der Waals surface area (Å²) in [6.07, 6.45) is 8.14. The van der Waals surface area contributed by atoms with Crippen LogP contribution in [-0.4, -0.2) is 57.5 Å². The molecule has 6 N–H and O–H groups in total. The normalized spacial score (nSPS) is 22.3. The monoisotopic (exact) mass is 517 g/mol. The van der Waals surface area contributed by atoms with E-state index in [2.05, 4.69) is 18.2 Å². The van der Waals surface area contributed by atoms with Gasteiger partial charge >= 0.3 is 5.97 Å². The number of aliphatic carboxylic acids is 1. The molecular formula is C28H39NO6S. The van der Waals surface area contributed by atoms with Crippen molar-refractivity contribution in [3.8, 4) is 0 Å². The SMILES string of the molecule is CC1(C)C(=O)[C@H](C/C=C\CCCC(=O)O)[C@@H](/C=C/C(O)Cc2cc3ccccc3s2)[C@@H]1O.NCCO. The molecule has 1 fully saturated rings. The van der Waals surface area contributed by atoms with Crippen LogP contribution in [0.4, 0.5) is 0 Å². The Bertz CT molecular complexity index is 1010. The van der Waals surface area contributed by atoms with Crippen LogP contribution in [0.5, 0.6) is 0 Å². The fourth-order valence-electron chi connectivity index (χ4n) is 4.40. The molecule has 0 saturated heterocycles. The van der Waals surface area contributed by atoms with Gasteiger partial charge in [-0.05, 0) is 36.8 Å². The molecule has 2 aromatic rings. The van der Waals surface area contributed by atoms with Crippen LogP contribution in [0.1, 0.15) is 44.4 Å². The summed E-state index contributed by atoms with van der Waals surface area (Å²) in [7, 11) is 0. The predicted molar refractivity (Wildman–Crippen MR) is 144 cm³/mol. The fraction of sp³-hybridized carbons (Fsp3) is 0.500. The molecule has 1 aromatic heterocycles. The Morgan fingerprint density at radius 2 is 1.94 bits per heavy atom. The van der Waals surface area contributed by atoms with E-state index in [1.54, 1.807) is 37.3 Å². The van der Waals surface area contributed by atoms with Crippen molar-refractivity contribution in [3.63, 3.8) is 0 Å². The van der Waals surface area contributed by atoms with E-state index in [1.165, 1.54) is 4.70 Å². The Balaban J connectivity index is 0.00000106. The van der Waals surface area contributed by atoms with Crippen molar-refractivity contribution in [2.45, 2.75) is 58.2 Å². The molecule has 0 aliphatic heterocycles. The molecule has 0 amide bonds. The van der Waals surface area contributed by atoms with Crippen molar-refractivity contribution >= 4 is 33.2 Å². The first-order chi connectivity index (χ1) is 17.1. The number of carbonyl (C=O) groups excluding carboxylic acids is 1. The fourth-order valence-corrected chi connectivity index (χ4v) is 5.52. The van der Waals surface area contributed by atoms with E-state index in [4.69, 9.17) is 15.9 Å². The summed E-state index contributed by atoms with van der Waals surface area (Å²) in [5.74, 6) is -1.51. The van der Waals surface area contributed by atoms with Crippen LogP contribution >= 0.6 is 11.3 Å². The zero-order chi connectivity index (χ0) is 26.7. The first-order valence-electron chi connectivity index (χ1n) is 12.4. The molecule has 1 aromatic carbocycles. The van der Waals surface area contributed by atoms with Gasteiger partial charge in [-0.1, -0.05) is 56.4 Å². The predicted octanol–water partition coefficient (Wildman–Crippen LogP) is 3.70. The number of rotatable bonds is 11. The molecule has 1 unspecified atom stereocenters. The number of hydrogen-bond acceptors (Lipinski definition) is 7. The molecule has 198 valence electrons. The number of allylic oxidation sites excluding steroid dienone is 2. The number of benzene rings is 1. The standard InChI is InChI=1S/C26H32O5S.C2H7NO/c1-26(2)24(30)20(10-5-3-4-6-12-23(28)29)21(25(26)31)14-13-18(27)16-19-15-17-9-7-8-11-22(17)32-19;3-1-2-4/h3,5,7-9,11,13-15,18,20-21,25,27,31H,4,6,10,12,16H2,1-2H3,(H,28,29);4H,1-3H2/b5-3-,14-13+;/t18?,20-,21-,25+;/m1./s1. The number of unbranched alkanes of at least 4 members (excludes halogenated alkanes) is 1. The topological polar surface area (TPSA) is 141 Å². The molecule has 8 heteroatoms. The molecule has 0 bridgehead atoms. The second-order valence-electron chi connectivity index (χ2n) is 9.63. The number of carboxylic acid groups (broad SMARTS) is 1. The van der Waals surface area contributed by atoms with Crippen molar-refractivity contribution < 1.29 is 30.0 Å². The van der Waals surface area contributed by atoms with Crippen molar-refractivity contribution in [1.82, 2.24) is 0 Å². The minimum absolute atomic E-state index is 0.0221. The Morgan fingerprint density at radius 1 is 1.25 bits per heavy atom. The molecule has 1 heterocycles. The number of Topliss-reactive ketones (excluding diaryl/α,β-unsaturated/α-hetero) is 1. The van der Waals surface area contributed by atoms with Crippen LogP contribution in [0.15, 0.2) is 54.6 Å². The largest absolute Gasteiger partial charge is 0.481 e. The lowest BCUT2D eigenvalue weighted by Crippen LogP contribution is -2.31. The van der Waals surface area contributed by atoms with E-state index >= 15 is 0 Å². The number of aliphatic hydroxyl groups excluding tert-OH is 3. The number of nitrogens with two attached hydrogens (primary N) is 1. The van der Waals surface area contributed by atoms with Crippen LogP contribution in [0.2, 0.25) is 0 Å². The van der Waals surface area contributed by atoms with Gasteiger partial charge in [-0.3, -0.25) is 9.59 Å². The van der Waals surface area contributed by atoms with Gasteiger partial charge in [0, 0.05) is 40.8 Å². The summed E-state index contributed by atoms with van der Waals surface area (Å²) in [6.45, 7) is 4.01. The van der Waals surface area contributed by atoms with Gasteiger partial charge in [0.05, 0.1) is 24.2 Å². The average Bonchev–Trinajstić information content (AvgIpc) is 3.32. The van der Waals surface area contributed by atoms with Gasteiger partial charge in [0.25, 0.3) is 0 Å². The lowest BCUT2D eigenvalue weighted by molar-refractivity contribution is -0.137. The summed E-state index contributed by atoms with van der Waals surface area (Å²) in [6, 6.07) is 10.2. The van der Waals surface area contributed by atoms with E-state index in [9.17, 15) is 19.8 Å². The highest BCUT2D eigenvalue weighted by Gasteiger charge is 2.52. The van der Waals surface area contributed by atoms with E-state index in [1.807, 2.05) is 24.3 Å². The van der Waals surface area contributed by atoms with E-state index in [0.29, 0.717) is 32.2 Å². The summed E-state index contributed by atoms with van der Waals surface area (Å²) >= 11 is 1.66. The van der Waals surface area contributed by atoms with Crippen LogP contribution < -0.4 is 5.73 Å². The number of ketones is 1. The maximum absolute atomic E-state index is 12.9. The van der Waals surface area contributed by atoms with Gasteiger partial charge in [-0.2, -0.15) is 0 Å². The molecule has 0 radical (unpaired) electrons. The molecule has 7 nitrogen and oxygen atoms in total. The van der Waals surface area contributed by atoms with Crippen molar-refractivity contribution in [1.29, 1.82) is 0 Å². The van der Waals surface area contributed by atoms with E-state index in [-0.39, 0.29) is 30.6 Å². The zero-order valence-electron chi connectivity index (χ0n) is 21.0. The molecule has 1 aliphatic rings. The maximum atomic E-state index is 12.9. The van der Waals surface area contributed by atoms with Crippen molar-refractivity contribution in [2.24, 2.45) is 23.0 Å². The van der Waals surface area contributed by atoms with Gasteiger partial charge in [0.1, 0.15) is 5.78 Å². The molecule has 1 saturated carbocycles. The average molecular weight is 518 g/mol. The first kappa shape index (κ1) is 29.9. The molecule has 0 spiro atoms. The minimum Gasteiger partial charge on any atom is -0.481 e. The van der Waals surface area contributed by atoms with Gasteiger partial charge < -0.3 is 26.2 Å². The second kappa shape index (κ2) is 14.4. The Morgan fingerprint density at radius 3 is 2.58 bits per heavy atom. The number of aliphatic hydroxyl groups is 3. The smallest absolute Gasteiger partial charge is 0.303 e. The minimum atomic E-state index is -0.840. The van der Waals surface area contributed by atoms with Crippen molar-refractivity contribution in [2.75, 3.05) is 13.2 Å². The Labute approximate surface area is 217 Å². The highest BCUT2D eigenvalue weighted by atomic mass is 32.1. The van der Waals surface area contributed by atoms with E-state index in [0.717, 1.165) is 10.3 Å². The van der Waals surface area contributed by atoms with Crippen LogP contribution in [-0.2, 0) is 16.0 Å². The van der Waals surface area contributed by atoms with Crippen molar-refractivity contribution in [3.05, 3.63) is 59.5 Å². The van der Waals surface area contributed by atoms with Crippen LogP contribution in [0, 0.1) is 17.3 Å². The number of thiophene rings is 1. The lowest BCUT2D eigenvalue weighted by atomic mass is 9.86. The summed E-state index contributed by atoms with van der Waals surface area (Å²) in [5, 5.41) is 39.0. The third-order valence-corrected chi connectivity index (χ3v) is 7.57. The quantitative estimate of drug-likeness (QED) is 0.226. The maximum Gasteiger partial charge on any atom is 0.303 e. The van der Waals surface area contributed by atoms with Crippen LogP contribution in [0.3, 0.4) is 0 Å². The molecule has 1 aliphatic carbocycles. The summed E-state index contributed by atoms with van der Waals surface area (Å²) in [4.78, 5) is 24.6. The Kier molecular flexibility index (Phi) is 11.9. The van der Waals surface area contributed by atoms with Gasteiger partial charge in [0.2, 0.25) is 0 Å². The Hall–Kier alpha value is -2.36. The number of fused-ring (bicyclic) bond motifs is 1.